The van der Waals surface area contributed by atoms with Gasteiger partial charge in [-0.05, 0) is 12.1 Å². The number of aromatic hydroxyl groups is 2. The third-order valence-corrected chi connectivity index (χ3v) is 4.93. The van der Waals surface area contributed by atoms with Gasteiger partial charge in [0.15, 0.2) is 11.4 Å². The van der Waals surface area contributed by atoms with E-state index >= 15 is 0 Å². The predicted molar refractivity (Wildman–Crippen MR) is 113 cm³/mol. The van der Waals surface area contributed by atoms with E-state index in [-0.39, 0.29) is 23.1 Å². The van der Waals surface area contributed by atoms with Gasteiger partial charge >= 0.3 is 0 Å². The minimum atomic E-state index is -0.835. The average Bonchev–Trinajstić information content (AvgIpc) is 3.16. The number of nitrogens with zero attached hydrogens (tertiary/aromatic N) is 6. The molecule has 10 heteroatoms. The highest BCUT2D eigenvalue weighted by Gasteiger charge is 2.16. The van der Waals surface area contributed by atoms with E-state index in [0.717, 1.165) is 11.0 Å². The number of benzene rings is 2. The lowest BCUT2D eigenvalue weighted by Gasteiger charge is -1.95. The van der Waals surface area contributed by atoms with Crippen LogP contribution in [0, 0.1) is 0 Å². The molecule has 0 radical (unpaired) electrons. The molecule has 31 heavy (non-hydrogen) atoms. The lowest BCUT2D eigenvalue weighted by molar-refractivity contribution is -0.126. The molecule has 0 atom stereocenters. The quantitative estimate of drug-likeness (QED) is 0.375. The molecule has 2 N–H and O–H groups in total. The molecule has 0 saturated carbocycles. The summed E-state index contributed by atoms with van der Waals surface area (Å²) in [7, 11) is 3.32. The maximum Gasteiger partial charge on any atom is 0.274 e. The van der Waals surface area contributed by atoms with Crippen LogP contribution in [0.1, 0.15) is 6.42 Å². The summed E-state index contributed by atoms with van der Waals surface area (Å²) in [5.74, 6) is -1.96. The van der Waals surface area contributed by atoms with Crippen molar-refractivity contribution in [1.82, 2.24) is 9.13 Å². The normalized spacial score (nSPS) is 11.9. The number of para-hydroxylation sites is 2. The van der Waals surface area contributed by atoms with Crippen molar-refractivity contribution in [3.05, 3.63) is 48.5 Å². The molecule has 0 aliphatic rings. The van der Waals surface area contributed by atoms with E-state index in [4.69, 9.17) is 0 Å². The van der Waals surface area contributed by atoms with Crippen molar-refractivity contribution in [3.63, 3.8) is 0 Å². The maximum atomic E-state index is 12.1. The summed E-state index contributed by atoms with van der Waals surface area (Å²) in [5.41, 5.74) is 1.73. The van der Waals surface area contributed by atoms with Gasteiger partial charge in [0.05, 0.1) is 11.0 Å². The highest BCUT2D eigenvalue weighted by atomic mass is 16.3. The number of rotatable bonds is 4. The Labute approximate surface area is 175 Å². The summed E-state index contributed by atoms with van der Waals surface area (Å²) in [6.07, 6.45) is -0.649. The molecule has 2 aromatic heterocycles. The van der Waals surface area contributed by atoms with E-state index in [1.54, 1.807) is 50.5 Å². The summed E-state index contributed by atoms with van der Waals surface area (Å²) >= 11 is 0. The van der Waals surface area contributed by atoms with Gasteiger partial charge in [0.1, 0.15) is 6.42 Å². The average molecular weight is 418 g/mol. The largest absolute Gasteiger partial charge is 0.493 e. The van der Waals surface area contributed by atoms with Gasteiger partial charge in [-0.3, -0.25) is 9.59 Å². The Morgan fingerprint density at radius 3 is 1.55 bits per heavy atom. The van der Waals surface area contributed by atoms with Gasteiger partial charge in [0, 0.05) is 24.9 Å². The van der Waals surface area contributed by atoms with Crippen LogP contribution in [0.5, 0.6) is 11.8 Å². The Bertz CT molecular complexity index is 1290. The van der Waals surface area contributed by atoms with Crippen LogP contribution in [0.15, 0.2) is 69.0 Å². The van der Waals surface area contributed by atoms with E-state index in [9.17, 15) is 19.8 Å². The number of fused-ring (bicyclic) bond motifs is 2. The minimum absolute atomic E-state index is 0.140. The predicted octanol–water partition coefficient (Wildman–Crippen LogP) is 4.39. The summed E-state index contributed by atoms with van der Waals surface area (Å²) in [5, 5.41) is 36.4. The van der Waals surface area contributed by atoms with E-state index in [0.29, 0.717) is 10.8 Å². The van der Waals surface area contributed by atoms with Crippen molar-refractivity contribution >= 4 is 45.0 Å². The summed E-state index contributed by atoms with van der Waals surface area (Å²) in [6.45, 7) is 0. The molecule has 156 valence electrons. The Morgan fingerprint density at radius 2 is 1.13 bits per heavy atom. The molecule has 10 nitrogen and oxygen atoms in total. The molecule has 0 aliphatic carbocycles. The smallest absolute Gasteiger partial charge is 0.274 e. The molecule has 0 bridgehead atoms. The van der Waals surface area contributed by atoms with Crippen LogP contribution in [0.3, 0.4) is 0 Å². The molecule has 0 aliphatic heterocycles. The molecule has 2 amide bonds. The Hall–Kier alpha value is -4.34. The first-order valence-corrected chi connectivity index (χ1v) is 9.30. The highest BCUT2D eigenvalue weighted by Crippen LogP contribution is 2.38. The fourth-order valence-corrected chi connectivity index (χ4v) is 3.33. The first kappa shape index (κ1) is 20.0. The summed E-state index contributed by atoms with van der Waals surface area (Å²) in [4.78, 5) is 24.1. The Balaban J connectivity index is 1.50. The van der Waals surface area contributed by atoms with Gasteiger partial charge in [-0.25, -0.2) is 0 Å². The fraction of sp³-hybridized carbons (Fsp3) is 0.143. The number of aromatic nitrogens is 2. The minimum Gasteiger partial charge on any atom is -0.493 e. The molecule has 0 fully saturated rings. The maximum absolute atomic E-state index is 12.1. The van der Waals surface area contributed by atoms with Crippen LogP contribution in [-0.4, -0.2) is 31.2 Å². The van der Waals surface area contributed by atoms with Crippen LogP contribution < -0.4 is 0 Å². The first-order chi connectivity index (χ1) is 14.9. The number of carbonyl (C=O) groups is 2. The molecular weight excluding hydrogens is 400 g/mol. The van der Waals surface area contributed by atoms with Gasteiger partial charge in [-0.15, -0.1) is 20.5 Å². The van der Waals surface area contributed by atoms with Crippen LogP contribution >= 0.6 is 0 Å². The van der Waals surface area contributed by atoms with Gasteiger partial charge in [-0.2, -0.15) is 0 Å². The topological polar surface area (TPSA) is 134 Å². The lowest BCUT2D eigenvalue weighted by Crippen LogP contribution is -2.01. The number of azo groups is 2. The molecule has 4 aromatic rings. The van der Waals surface area contributed by atoms with Crippen molar-refractivity contribution in [2.75, 3.05) is 0 Å². The third-order valence-electron chi connectivity index (χ3n) is 4.93. The Morgan fingerprint density at radius 1 is 0.742 bits per heavy atom. The number of amides is 2. The zero-order chi connectivity index (χ0) is 22.1. The summed E-state index contributed by atoms with van der Waals surface area (Å²) in [6, 6.07) is 14.2. The third kappa shape index (κ3) is 3.54. The second-order valence-corrected chi connectivity index (χ2v) is 6.86. The van der Waals surface area contributed by atoms with Crippen LogP contribution in [-0.2, 0) is 23.7 Å². The molecule has 0 saturated heterocycles. The van der Waals surface area contributed by atoms with Gasteiger partial charge in [0.2, 0.25) is 11.8 Å². The number of hydrogen-bond acceptors (Lipinski definition) is 6. The molecule has 2 aromatic carbocycles. The SMILES string of the molecule is Cn1c(O)c(N=NC(=O)CC(=O)N=Nc2c(O)n(C)c3ccccc23)c2ccccc21. The van der Waals surface area contributed by atoms with E-state index in [1.807, 2.05) is 12.1 Å². The molecule has 4 rings (SSSR count). The van der Waals surface area contributed by atoms with Crippen molar-refractivity contribution in [1.29, 1.82) is 0 Å². The molecule has 0 spiro atoms. The van der Waals surface area contributed by atoms with E-state index in [2.05, 4.69) is 20.5 Å². The van der Waals surface area contributed by atoms with Crippen LogP contribution in [0.4, 0.5) is 11.4 Å². The molecule has 2 heterocycles. The van der Waals surface area contributed by atoms with Crippen molar-refractivity contribution in [2.45, 2.75) is 6.42 Å². The van der Waals surface area contributed by atoms with Crippen LogP contribution in [0.25, 0.3) is 21.8 Å². The lowest BCUT2D eigenvalue weighted by atomic mass is 10.2. The first-order valence-electron chi connectivity index (χ1n) is 9.30. The fourth-order valence-electron chi connectivity index (χ4n) is 3.33. The van der Waals surface area contributed by atoms with Crippen molar-refractivity contribution in [3.8, 4) is 11.8 Å². The van der Waals surface area contributed by atoms with Crippen LogP contribution in [0.2, 0.25) is 0 Å². The van der Waals surface area contributed by atoms with E-state index in [1.165, 1.54) is 9.13 Å². The Kier molecular flexibility index (Phi) is 5.04. The standard InChI is InChI=1S/C21H18N6O4/c1-26-14-9-5-3-7-12(14)18(20(26)30)24-22-16(28)11-17(29)23-25-19-13-8-4-6-10-15(13)27(2)21(19)31/h3-10,30-31H,11H2,1-2H3. The van der Waals surface area contributed by atoms with E-state index < -0.39 is 18.2 Å². The number of hydrogen-bond donors (Lipinski definition) is 2. The number of carbonyl (C=O) groups excluding carboxylic acids is 2. The monoisotopic (exact) mass is 418 g/mol. The molecular formula is C21H18N6O4. The number of aryl methyl sites for hydroxylation is 2. The van der Waals surface area contributed by atoms with Crippen molar-refractivity contribution in [2.24, 2.45) is 34.6 Å². The second-order valence-electron chi connectivity index (χ2n) is 6.86. The van der Waals surface area contributed by atoms with Gasteiger partial charge < -0.3 is 19.3 Å². The second kappa shape index (κ2) is 7.82. The van der Waals surface area contributed by atoms with Crippen molar-refractivity contribution < 1.29 is 19.8 Å². The van der Waals surface area contributed by atoms with Gasteiger partial charge in [-0.1, -0.05) is 36.4 Å². The van der Waals surface area contributed by atoms with Gasteiger partial charge in [0.25, 0.3) is 11.8 Å². The molecule has 0 unspecified atom stereocenters. The highest BCUT2D eigenvalue weighted by molar-refractivity contribution is 5.99. The zero-order valence-corrected chi connectivity index (χ0v) is 16.7. The summed E-state index contributed by atoms with van der Waals surface area (Å²) < 4.78 is 3.04. The zero-order valence-electron chi connectivity index (χ0n) is 16.7.